The van der Waals surface area contributed by atoms with E-state index in [1.54, 1.807) is 10.9 Å². The van der Waals surface area contributed by atoms with Gasteiger partial charge >= 0.3 is 0 Å². The largest absolute Gasteiger partial charge is 0.381 e. The topological polar surface area (TPSA) is 69.0 Å². The molecule has 110 valence electrons. The third kappa shape index (κ3) is 2.26. The summed E-state index contributed by atoms with van der Waals surface area (Å²) in [5.41, 5.74) is 1.92. The highest BCUT2D eigenvalue weighted by molar-refractivity contribution is 7.14. The van der Waals surface area contributed by atoms with Crippen LogP contribution in [0.25, 0.3) is 11.3 Å². The average Bonchev–Trinajstić information content (AvgIpc) is 2.87. The molecule has 2 unspecified atom stereocenters. The lowest BCUT2D eigenvalue weighted by Gasteiger charge is -2.05. The maximum absolute atomic E-state index is 12.3. The molecule has 1 saturated carbocycles. The van der Waals surface area contributed by atoms with Gasteiger partial charge in [-0.05, 0) is 12.8 Å². The van der Waals surface area contributed by atoms with E-state index in [1.165, 1.54) is 11.3 Å². The van der Waals surface area contributed by atoms with Gasteiger partial charge in [-0.25, -0.2) is 4.98 Å². The zero-order valence-corrected chi connectivity index (χ0v) is 12.5. The molecular formula is C14H16N4O2S. The third-order valence-electron chi connectivity index (χ3n) is 4.37. The number of nitrogens with one attached hydrogen (secondary N) is 1. The fourth-order valence-electron chi connectivity index (χ4n) is 2.99. The molecule has 0 bridgehead atoms. The van der Waals surface area contributed by atoms with E-state index < -0.39 is 0 Å². The van der Waals surface area contributed by atoms with E-state index in [0.29, 0.717) is 5.13 Å². The summed E-state index contributed by atoms with van der Waals surface area (Å²) in [5.74, 6) is 0.165. The summed E-state index contributed by atoms with van der Waals surface area (Å²) >= 11 is 1.45. The van der Waals surface area contributed by atoms with E-state index in [9.17, 15) is 4.79 Å². The van der Waals surface area contributed by atoms with Crippen LogP contribution < -0.4 is 5.32 Å². The smallest absolute Gasteiger partial charge is 0.229 e. The summed E-state index contributed by atoms with van der Waals surface area (Å²) in [7, 11) is 1.87. The van der Waals surface area contributed by atoms with Crippen molar-refractivity contribution in [1.29, 1.82) is 0 Å². The van der Waals surface area contributed by atoms with Crippen LogP contribution in [0.5, 0.6) is 0 Å². The fraction of sp³-hybridized carbons (Fsp3) is 0.500. The van der Waals surface area contributed by atoms with Gasteiger partial charge in [0.25, 0.3) is 0 Å². The molecule has 1 saturated heterocycles. The number of hydrogen-bond donors (Lipinski definition) is 1. The molecule has 7 heteroatoms. The van der Waals surface area contributed by atoms with Gasteiger partial charge in [0.05, 0.1) is 18.5 Å². The van der Waals surface area contributed by atoms with Crippen molar-refractivity contribution in [2.24, 2.45) is 18.4 Å². The Labute approximate surface area is 126 Å². The van der Waals surface area contributed by atoms with Gasteiger partial charge in [0.15, 0.2) is 5.13 Å². The minimum atomic E-state index is 0.0765. The van der Waals surface area contributed by atoms with Gasteiger partial charge in [-0.15, -0.1) is 11.3 Å². The molecule has 2 atom stereocenters. The van der Waals surface area contributed by atoms with Crippen molar-refractivity contribution >= 4 is 22.4 Å². The number of nitrogens with zero attached hydrogens (tertiary/aromatic N) is 3. The Kier molecular flexibility index (Phi) is 2.87. The van der Waals surface area contributed by atoms with Crippen LogP contribution in [0.15, 0.2) is 17.8 Å². The molecule has 0 radical (unpaired) electrons. The molecule has 2 aliphatic rings. The molecule has 1 amide bonds. The Morgan fingerprint density at radius 2 is 2.52 bits per heavy atom. The van der Waals surface area contributed by atoms with Crippen LogP contribution >= 0.6 is 11.3 Å². The number of anilines is 1. The first-order chi connectivity index (χ1) is 10.2. The number of hydrogen-bond acceptors (Lipinski definition) is 5. The normalized spacial score (nSPS) is 27.2. The molecular weight excluding hydrogens is 288 g/mol. The second-order valence-electron chi connectivity index (χ2n) is 5.85. The number of rotatable bonds is 3. The van der Waals surface area contributed by atoms with Crippen molar-refractivity contribution in [1.82, 2.24) is 14.8 Å². The number of amides is 1. The molecule has 3 heterocycles. The summed E-state index contributed by atoms with van der Waals surface area (Å²) in [5, 5.41) is 9.66. The lowest BCUT2D eigenvalue weighted by Crippen LogP contribution is -2.18. The zero-order chi connectivity index (χ0) is 14.4. The van der Waals surface area contributed by atoms with Gasteiger partial charge in [-0.2, -0.15) is 5.10 Å². The Morgan fingerprint density at radius 1 is 1.62 bits per heavy atom. The van der Waals surface area contributed by atoms with Gasteiger partial charge in [-0.3, -0.25) is 9.48 Å². The summed E-state index contributed by atoms with van der Waals surface area (Å²) in [6.07, 6.45) is 5.63. The standard InChI is InChI=1S/C14H16N4O2S/c1-18-6-9(5-15-18)11-7-21-13(16-11)17-12(19)10-4-14(10)2-3-20-8-14/h5-7,10H,2-4,8H2,1H3,(H,16,17,19). The number of aromatic nitrogens is 3. The maximum Gasteiger partial charge on any atom is 0.229 e. The van der Waals surface area contributed by atoms with Crippen LogP contribution in [-0.4, -0.2) is 33.9 Å². The zero-order valence-electron chi connectivity index (χ0n) is 11.7. The van der Waals surface area contributed by atoms with Crippen LogP contribution in [0.4, 0.5) is 5.13 Å². The Hall–Kier alpha value is -1.73. The van der Waals surface area contributed by atoms with Gasteiger partial charge in [0.2, 0.25) is 5.91 Å². The predicted octanol–water partition coefficient (Wildman–Crippen LogP) is 1.91. The summed E-state index contributed by atoms with van der Waals surface area (Å²) in [6, 6.07) is 0. The molecule has 1 aliphatic carbocycles. The number of carbonyl (C=O) groups is 1. The molecule has 21 heavy (non-hydrogen) atoms. The molecule has 6 nitrogen and oxygen atoms in total. The van der Waals surface area contributed by atoms with E-state index in [2.05, 4.69) is 15.4 Å². The monoisotopic (exact) mass is 304 g/mol. The van der Waals surface area contributed by atoms with Crippen molar-refractivity contribution in [3.8, 4) is 11.3 Å². The highest BCUT2D eigenvalue weighted by Gasteiger charge is 2.59. The lowest BCUT2D eigenvalue weighted by atomic mass is 10.0. The Morgan fingerprint density at radius 3 is 3.24 bits per heavy atom. The fourth-order valence-corrected chi connectivity index (χ4v) is 3.71. The quantitative estimate of drug-likeness (QED) is 0.940. The van der Waals surface area contributed by atoms with E-state index >= 15 is 0 Å². The molecule has 2 aromatic rings. The highest BCUT2D eigenvalue weighted by atomic mass is 32.1. The van der Waals surface area contributed by atoms with Crippen LogP contribution in [0.2, 0.25) is 0 Å². The van der Waals surface area contributed by atoms with Crippen molar-refractivity contribution < 1.29 is 9.53 Å². The molecule has 1 N–H and O–H groups in total. The molecule has 1 aliphatic heterocycles. The third-order valence-corrected chi connectivity index (χ3v) is 5.13. The van der Waals surface area contributed by atoms with Crippen molar-refractivity contribution in [3.63, 3.8) is 0 Å². The van der Waals surface area contributed by atoms with Crippen LogP contribution in [0, 0.1) is 11.3 Å². The first kappa shape index (κ1) is 13.0. The summed E-state index contributed by atoms with van der Waals surface area (Å²) in [6.45, 7) is 1.51. The van der Waals surface area contributed by atoms with Gasteiger partial charge < -0.3 is 10.1 Å². The van der Waals surface area contributed by atoms with Crippen molar-refractivity contribution in [2.75, 3.05) is 18.5 Å². The first-order valence-corrected chi connectivity index (χ1v) is 7.87. The van der Waals surface area contributed by atoms with Gasteiger partial charge in [0, 0.05) is 42.1 Å². The Bertz CT molecular complexity index is 687. The van der Waals surface area contributed by atoms with Crippen molar-refractivity contribution in [3.05, 3.63) is 17.8 Å². The minimum absolute atomic E-state index is 0.0765. The second kappa shape index (κ2) is 4.64. The predicted molar refractivity (Wildman–Crippen MR) is 78.9 cm³/mol. The summed E-state index contributed by atoms with van der Waals surface area (Å²) in [4.78, 5) is 16.7. The average molecular weight is 304 g/mol. The number of aryl methyl sites for hydroxylation is 1. The number of carbonyl (C=O) groups excluding carboxylic acids is 1. The van der Waals surface area contributed by atoms with E-state index in [1.807, 2.05) is 18.6 Å². The molecule has 2 fully saturated rings. The van der Waals surface area contributed by atoms with E-state index in [4.69, 9.17) is 4.74 Å². The number of thiazole rings is 1. The summed E-state index contributed by atoms with van der Waals surface area (Å²) < 4.78 is 7.15. The highest BCUT2D eigenvalue weighted by Crippen LogP contribution is 2.58. The Balaban J connectivity index is 1.44. The SMILES string of the molecule is Cn1cc(-c2csc(NC(=O)C3CC34CCOC4)n2)cn1. The molecule has 4 rings (SSSR count). The van der Waals surface area contributed by atoms with Gasteiger partial charge in [-0.1, -0.05) is 0 Å². The first-order valence-electron chi connectivity index (χ1n) is 6.99. The van der Waals surface area contributed by atoms with Gasteiger partial charge in [0.1, 0.15) is 0 Å². The molecule has 0 aromatic carbocycles. The maximum atomic E-state index is 12.3. The van der Waals surface area contributed by atoms with E-state index in [0.717, 1.165) is 37.3 Å². The van der Waals surface area contributed by atoms with Crippen LogP contribution in [-0.2, 0) is 16.6 Å². The van der Waals surface area contributed by atoms with Crippen LogP contribution in [0.3, 0.4) is 0 Å². The molecule has 2 aromatic heterocycles. The van der Waals surface area contributed by atoms with Crippen LogP contribution in [0.1, 0.15) is 12.8 Å². The molecule has 1 spiro atoms. The van der Waals surface area contributed by atoms with E-state index in [-0.39, 0.29) is 17.2 Å². The van der Waals surface area contributed by atoms with Crippen molar-refractivity contribution in [2.45, 2.75) is 12.8 Å². The minimum Gasteiger partial charge on any atom is -0.381 e. The second-order valence-corrected chi connectivity index (χ2v) is 6.71. The lowest BCUT2D eigenvalue weighted by molar-refractivity contribution is -0.118. The number of ether oxygens (including phenoxy) is 1.